The normalized spacial score (nSPS) is 10.6. The lowest BCUT2D eigenvalue weighted by atomic mass is 9.79. The fraction of sp³-hybridized carbons (Fsp3) is 0. The van der Waals surface area contributed by atoms with Crippen molar-refractivity contribution in [2.75, 3.05) is 0 Å². The molecule has 0 aliphatic heterocycles. The van der Waals surface area contributed by atoms with E-state index in [9.17, 15) is 10.0 Å². The van der Waals surface area contributed by atoms with E-state index in [1.807, 2.05) is 72.8 Å². The molecule has 5 heteroatoms. The minimum absolute atomic E-state index is 0.405. The van der Waals surface area contributed by atoms with E-state index >= 15 is 0 Å². The van der Waals surface area contributed by atoms with Crippen LogP contribution in [0.4, 0.5) is 0 Å². The first kappa shape index (κ1) is 17.2. The van der Waals surface area contributed by atoms with Gasteiger partial charge in [0.1, 0.15) is 0 Å². The van der Waals surface area contributed by atoms with Crippen LogP contribution in [-0.4, -0.2) is 27.1 Å². The SMILES string of the molecule is OB(O)c1cccc(-c2nc(-c3ccccc3)cc(-c3ccccc3)n2)c1. The topological polar surface area (TPSA) is 66.2 Å². The van der Waals surface area contributed by atoms with Gasteiger partial charge in [-0.15, -0.1) is 0 Å². The summed E-state index contributed by atoms with van der Waals surface area (Å²) >= 11 is 0. The summed E-state index contributed by atoms with van der Waals surface area (Å²) in [6.45, 7) is 0. The maximum Gasteiger partial charge on any atom is 0.488 e. The first-order valence-corrected chi connectivity index (χ1v) is 8.67. The van der Waals surface area contributed by atoms with Gasteiger partial charge in [0, 0.05) is 16.7 Å². The van der Waals surface area contributed by atoms with Crippen molar-refractivity contribution in [1.82, 2.24) is 9.97 Å². The zero-order valence-electron chi connectivity index (χ0n) is 14.5. The van der Waals surface area contributed by atoms with E-state index in [-0.39, 0.29) is 0 Å². The summed E-state index contributed by atoms with van der Waals surface area (Å²) < 4.78 is 0. The van der Waals surface area contributed by atoms with Gasteiger partial charge in [-0.3, -0.25) is 0 Å². The van der Waals surface area contributed by atoms with Crippen LogP contribution in [-0.2, 0) is 0 Å². The van der Waals surface area contributed by atoms with Gasteiger partial charge in [-0.1, -0.05) is 84.9 Å². The van der Waals surface area contributed by atoms with Gasteiger partial charge in [0.25, 0.3) is 0 Å². The summed E-state index contributed by atoms with van der Waals surface area (Å²) in [6, 6.07) is 28.8. The molecule has 130 valence electrons. The summed E-state index contributed by atoms with van der Waals surface area (Å²) in [5.74, 6) is 0.540. The van der Waals surface area contributed by atoms with E-state index in [0.29, 0.717) is 11.3 Å². The van der Waals surface area contributed by atoms with E-state index < -0.39 is 7.12 Å². The minimum Gasteiger partial charge on any atom is -0.423 e. The molecule has 3 aromatic carbocycles. The molecule has 4 aromatic rings. The second-order valence-electron chi connectivity index (χ2n) is 6.19. The predicted molar refractivity (Wildman–Crippen MR) is 108 cm³/mol. The van der Waals surface area contributed by atoms with Gasteiger partial charge in [0.2, 0.25) is 0 Å². The zero-order chi connectivity index (χ0) is 18.6. The average molecular weight is 352 g/mol. The Kier molecular flexibility index (Phi) is 4.79. The van der Waals surface area contributed by atoms with E-state index in [0.717, 1.165) is 28.1 Å². The van der Waals surface area contributed by atoms with Gasteiger partial charge in [-0.05, 0) is 11.5 Å². The lowest BCUT2D eigenvalue weighted by molar-refractivity contribution is 0.426. The van der Waals surface area contributed by atoms with Gasteiger partial charge in [-0.25, -0.2) is 9.97 Å². The lowest BCUT2D eigenvalue weighted by Crippen LogP contribution is -2.29. The summed E-state index contributed by atoms with van der Waals surface area (Å²) in [4.78, 5) is 9.45. The van der Waals surface area contributed by atoms with Gasteiger partial charge in [-0.2, -0.15) is 0 Å². The number of nitrogens with zero attached hydrogens (tertiary/aromatic N) is 2. The molecule has 0 bridgehead atoms. The van der Waals surface area contributed by atoms with Crippen LogP contribution in [0.25, 0.3) is 33.9 Å². The Morgan fingerprint density at radius 3 is 1.59 bits per heavy atom. The van der Waals surface area contributed by atoms with E-state index in [4.69, 9.17) is 9.97 Å². The highest BCUT2D eigenvalue weighted by molar-refractivity contribution is 6.58. The van der Waals surface area contributed by atoms with Crippen molar-refractivity contribution in [3.05, 3.63) is 91.0 Å². The second-order valence-corrected chi connectivity index (χ2v) is 6.19. The molecule has 1 aromatic heterocycles. The average Bonchev–Trinajstić information content (AvgIpc) is 2.75. The summed E-state index contributed by atoms with van der Waals surface area (Å²) in [5.41, 5.74) is 4.76. The van der Waals surface area contributed by atoms with E-state index in [2.05, 4.69) is 0 Å². The van der Waals surface area contributed by atoms with Crippen LogP contribution >= 0.6 is 0 Å². The standard InChI is InChI=1S/C22H17BN2O2/c26-23(27)19-13-7-12-18(14-19)22-24-20(16-8-3-1-4-9-16)15-21(25-22)17-10-5-2-6-11-17/h1-15,26-27H. The molecule has 27 heavy (non-hydrogen) atoms. The van der Waals surface area contributed by atoms with Crippen LogP contribution in [0.1, 0.15) is 0 Å². The Bertz CT molecular complexity index is 996. The molecule has 0 aliphatic carbocycles. The van der Waals surface area contributed by atoms with Crippen LogP contribution in [0, 0.1) is 0 Å². The maximum absolute atomic E-state index is 9.47. The minimum atomic E-state index is -1.53. The molecular weight excluding hydrogens is 335 g/mol. The quantitative estimate of drug-likeness (QED) is 0.554. The second kappa shape index (κ2) is 7.54. The largest absolute Gasteiger partial charge is 0.488 e. The third-order valence-corrected chi connectivity index (χ3v) is 4.31. The van der Waals surface area contributed by atoms with Gasteiger partial charge in [0.05, 0.1) is 11.4 Å². The van der Waals surface area contributed by atoms with Gasteiger partial charge < -0.3 is 10.0 Å². The molecule has 0 fully saturated rings. The number of benzene rings is 3. The van der Waals surface area contributed by atoms with Crippen molar-refractivity contribution in [2.45, 2.75) is 0 Å². The van der Waals surface area contributed by atoms with Crippen LogP contribution in [0.5, 0.6) is 0 Å². The van der Waals surface area contributed by atoms with Crippen molar-refractivity contribution in [2.24, 2.45) is 0 Å². The number of rotatable bonds is 4. The number of hydrogen-bond acceptors (Lipinski definition) is 4. The molecule has 0 atom stereocenters. The van der Waals surface area contributed by atoms with Crippen molar-refractivity contribution in [1.29, 1.82) is 0 Å². The first-order valence-electron chi connectivity index (χ1n) is 8.67. The molecule has 0 aliphatic rings. The van der Waals surface area contributed by atoms with Crippen molar-refractivity contribution in [3.63, 3.8) is 0 Å². The van der Waals surface area contributed by atoms with Crippen LogP contribution in [0.15, 0.2) is 91.0 Å². The van der Waals surface area contributed by atoms with Crippen molar-refractivity contribution >= 4 is 12.6 Å². The molecule has 4 rings (SSSR count). The van der Waals surface area contributed by atoms with Gasteiger partial charge >= 0.3 is 7.12 Å². The fourth-order valence-electron chi connectivity index (χ4n) is 2.93. The fourth-order valence-corrected chi connectivity index (χ4v) is 2.93. The Morgan fingerprint density at radius 1 is 0.556 bits per heavy atom. The highest BCUT2D eigenvalue weighted by Gasteiger charge is 2.14. The summed E-state index contributed by atoms with van der Waals surface area (Å²) in [6.07, 6.45) is 0. The Labute approximate surface area is 158 Å². The number of aromatic nitrogens is 2. The summed E-state index contributed by atoms with van der Waals surface area (Å²) in [5, 5.41) is 18.9. The molecule has 0 unspecified atom stereocenters. The molecule has 4 nitrogen and oxygen atoms in total. The van der Waals surface area contributed by atoms with Gasteiger partial charge in [0.15, 0.2) is 5.82 Å². The monoisotopic (exact) mass is 352 g/mol. The molecular formula is C22H17BN2O2. The molecule has 0 saturated carbocycles. The summed E-state index contributed by atoms with van der Waals surface area (Å²) in [7, 11) is -1.53. The Morgan fingerprint density at radius 2 is 1.07 bits per heavy atom. The molecule has 0 spiro atoms. The highest BCUT2D eigenvalue weighted by Crippen LogP contribution is 2.26. The van der Waals surface area contributed by atoms with Crippen LogP contribution in [0.2, 0.25) is 0 Å². The van der Waals surface area contributed by atoms with Crippen molar-refractivity contribution < 1.29 is 10.0 Å². The maximum atomic E-state index is 9.47. The molecule has 0 amide bonds. The Balaban J connectivity index is 1.90. The molecule has 0 radical (unpaired) electrons. The molecule has 1 heterocycles. The first-order chi connectivity index (χ1) is 13.2. The molecule has 2 N–H and O–H groups in total. The smallest absolute Gasteiger partial charge is 0.423 e. The van der Waals surface area contributed by atoms with Crippen LogP contribution in [0.3, 0.4) is 0 Å². The lowest BCUT2D eigenvalue weighted by Gasteiger charge is -2.10. The number of hydrogen-bond donors (Lipinski definition) is 2. The van der Waals surface area contributed by atoms with Crippen molar-refractivity contribution in [3.8, 4) is 33.9 Å². The molecule has 0 saturated heterocycles. The predicted octanol–water partition coefficient (Wildman–Crippen LogP) is 3.16. The third-order valence-electron chi connectivity index (χ3n) is 4.31. The Hall–Kier alpha value is -3.28. The van der Waals surface area contributed by atoms with Crippen LogP contribution < -0.4 is 5.46 Å². The zero-order valence-corrected chi connectivity index (χ0v) is 14.5. The highest BCUT2D eigenvalue weighted by atomic mass is 16.4. The third kappa shape index (κ3) is 3.79. The van der Waals surface area contributed by atoms with E-state index in [1.165, 1.54) is 0 Å². The van der Waals surface area contributed by atoms with E-state index in [1.54, 1.807) is 18.2 Å².